The third-order valence-corrected chi connectivity index (χ3v) is 5.36. The summed E-state index contributed by atoms with van der Waals surface area (Å²) in [6, 6.07) is 8.54. The second-order valence-corrected chi connectivity index (χ2v) is 7.43. The fraction of sp³-hybridized carbons (Fsp3) is 0.625. The average Bonchev–Trinajstić information content (AvgIpc) is 2.78. The van der Waals surface area contributed by atoms with Crippen LogP contribution in [0.5, 0.6) is 0 Å². The summed E-state index contributed by atoms with van der Waals surface area (Å²) in [6.07, 6.45) is 6.50. The number of halogens is 2. The van der Waals surface area contributed by atoms with Gasteiger partial charge in [0.1, 0.15) is 0 Å². The Hall–Kier alpha value is -0.0100. The number of hydrogen-bond acceptors (Lipinski definition) is 0. The summed E-state index contributed by atoms with van der Waals surface area (Å²) in [5, 5.41) is 0.162. The lowest BCUT2D eigenvalue weighted by molar-refractivity contribution is 0.223. The molecule has 0 spiro atoms. The molecule has 1 unspecified atom stereocenters. The molecule has 1 aliphatic carbocycles. The van der Waals surface area contributed by atoms with Gasteiger partial charge >= 0.3 is 0 Å². The van der Waals surface area contributed by atoms with Crippen LogP contribution in [0, 0.1) is 11.3 Å². The normalized spacial score (nSPS) is 20.3. The molecule has 0 saturated heterocycles. The molecular weight excluding hydrogens is 308 g/mol. The Morgan fingerprint density at radius 3 is 2.22 bits per heavy atom. The van der Waals surface area contributed by atoms with Gasteiger partial charge in [-0.25, -0.2) is 0 Å². The Labute approximate surface area is 124 Å². The predicted octanol–water partition coefficient (Wildman–Crippen LogP) is 6.34. The lowest BCUT2D eigenvalue weighted by Crippen LogP contribution is -2.24. The van der Waals surface area contributed by atoms with Gasteiger partial charge in [-0.3, -0.25) is 0 Å². The van der Waals surface area contributed by atoms with Crippen molar-refractivity contribution < 1.29 is 0 Å². The molecule has 100 valence electrons. The van der Waals surface area contributed by atoms with E-state index in [9.17, 15) is 0 Å². The van der Waals surface area contributed by atoms with E-state index in [0.717, 1.165) is 10.4 Å². The van der Waals surface area contributed by atoms with Crippen molar-refractivity contribution in [2.75, 3.05) is 0 Å². The molecule has 1 saturated carbocycles. The zero-order valence-electron chi connectivity index (χ0n) is 11.3. The van der Waals surface area contributed by atoms with Gasteiger partial charge in [0.25, 0.3) is 0 Å². The molecule has 0 bridgehead atoms. The molecular formula is C16H22BrCl. The molecule has 0 aliphatic heterocycles. The highest BCUT2D eigenvalue weighted by Crippen LogP contribution is 2.54. The Balaban J connectivity index is 2.22. The van der Waals surface area contributed by atoms with E-state index in [2.05, 4.69) is 54.0 Å². The summed E-state index contributed by atoms with van der Waals surface area (Å²) in [6.45, 7) is 4.62. The molecule has 2 heteroatoms. The van der Waals surface area contributed by atoms with Crippen molar-refractivity contribution in [3.05, 3.63) is 34.3 Å². The summed E-state index contributed by atoms with van der Waals surface area (Å²) in [4.78, 5) is 0. The molecule has 1 fully saturated rings. The minimum absolute atomic E-state index is 0.162. The summed E-state index contributed by atoms with van der Waals surface area (Å²) in [7, 11) is 0. The van der Waals surface area contributed by atoms with Crippen molar-refractivity contribution >= 4 is 27.5 Å². The molecule has 1 aromatic carbocycles. The van der Waals surface area contributed by atoms with Crippen molar-refractivity contribution in [3.63, 3.8) is 0 Å². The summed E-state index contributed by atoms with van der Waals surface area (Å²) < 4.78 is 1.12. The molecule has 0 aromatic heterocycles. The first-order chi connectivity index (χ1) is 8.53. The minimum Gasteiger partial charge on any atom is -0.117 e. The molecule has 1 atom stereocenters. The van der Waals surface area contributed by atoms with Crippen molar-refractivity contribution in [2.45, 2.75) is 51.3 Å². The van der Waals surface area contributed by atoms with Crippen LogP contribution in [0.4, 0.5) is 0 Å². The zero-order valence-corrected chi connectivity index (χ0v) is 13.6. The van der Waals surface area contributed by atoms with Crippen molar-refractivity contribution in [3.8, 4) is 0 Å². The standard InChI is InChI=1S/C16H22BrCl/c1-12(2)11-16(9-3-4-10-16)15(18)13-5-7-14(17)8-6-13/h5-8,12,15H,3-4,9-11H2,1-2H3. The van der Waals surface area contributed by atoms with Crippen LogP contribution >= 0.6 is 27.5 Å². The van der Waals surface area contributed by atoms with E-state index in [1.54, 1.807) is 0 Å². The SMILES string of the molecule is CC(C)CC1(C(Cl)c2ccc(Br)cc2)CCCC1. The smallest absolute Gasteiger partial charge is 0.0641 e. The van der Waals surface area contributed by atoms with Gasteiger partial charge in [-0.15, -0.1) is 11.6 Å². The van der Waals surface area contributed by atoms with Crippen LogP contribution in [0.2, 0.25) is 0 Å². The van der Waals surface area contributed by atoms with Crippen LogP contribution < -0.4 is 0 Å². The van der Waals surface area contributed by atoms with Crippen LogP contribution in [0.1, 0.15) is 56.9 Å². The molecule has 1 aliphatic rings. The van der Waals surface area contributed by atoms with E-state index < -0.39 is 0 Å². The quantitative estimate of drug-likeness (QED) is 0.566. The molecule has 0 amide bonds. The van der Waals surface area contributed by atoms with Gasteiger partial charge in [-0.2, -0.15) is 0 Å². The predicted molar refractivity (Wildman–Crippen MR) is 83.1 cm³/mol. The monoisotopic (exact) mass is 328 g/mol. The summed E-state index contributed by atoms with van der Waals surface area (Å²) in [5.41, 5.74) is 1.60. The van der Waals surface area contributed by atoms with Gasteiger partial charge in [0.05, 0.1) is 5.38 Å². The van der Waals surface area contributed by atoms with Gasteiger partial charge in [0, 0.05) is 4.47 Å². The number of benzene rings is 1. The van der Waals surface area contributed by atoms with Gasteiger partial charge in [-0.05, 0) is 48.3 Å². The largest absolute Gasteiger partial charge is 0.117 e. The molecule has 2 rings (SSSR count). The molecule has 18 heavy (non-hydrogen) atoms. The molecule has 0 nitrogen and oxygen atoms in total. The van der Waals surface area contributed by atoms with E-state index >= 15 is 0 Å². The van der Waals surface area contributed by atoms with Crippen LogP contribution in [0.15, 0.2) is 28.7 Å². The maximum Gasteiger partial charge on any atom is 0.0641 e. The van der Waals surface area contributed by atoms with Gasteiger partial charge in [-0.1, -0.05) is 54.8 Å². The van der Waals surface area contributed by atoms with Crippen LogP contribution in [0.3, 0.4) is 0 Å². The fourth-order valence-corrected chi connectivity index (χ4v) is 4.16. The summed E-state index contributed by atoms with van der Waals surface area (Å²) in [5.74, 6) is 0.722. The van der Waals surface area contributed by atoms with Crippen LogP contribution in [-0.4, -0.2) is 0 Å². The van der Waals surface area contributed by atoms with Gasteiger partial charge in [0.2, 0.25) is 0 Å². The zero-order chi connectivity index (χ0) is 13.2. The molecule has 0 radical (unpaired) electrons. The number of hydrogen-bond donors (Lipinski definition) is 0. The van der Waals surface area contributed by atoms with Crippen molar-refractivity contribution in [2.24, 2.45) is 11.3 Å². The number of rotatable bonds is 4. The second kappa shape index (κ2) is 5.96. The maximum absolute atomic E-state index is 6.85. The van der Waals surface area contributed by atoms with Crippen LogP contribution in [0.25, 0.3) is 0 Å². The Bertz CT molecular complexity index is 377. The first-order valence-corrected chi connectivity index (χ1v) is 8.16. The van der Waals surface area contributed by atoms with E-state index in [0.29, 0.717) is 5.41 Å². The summed E-state index contributed by atoms with van der Waals surface area (Å²) >= 11 is 10.3. The third kappa shape index (κ3) is 3.11. The third-order valence-electron chi connectivity index (χ3n) is 4.11. The Morgan fingerprint density at radius 1 is 1.17 bits per heavy atom. The average molecular weight is 330 g/mol. The van der Waals surface area contributed by atoms with Gasteiger partial charge < -0.3 is 0 Å². The topological polar surface area (TPSA) is 0 Å². The Morgan fingerprint density at radius 2 is 1.72 bits per heavy atom. The first-order valence-electron chi connectivity index (χ1n) is 6.93. The van der Waals surface area contributed by atoms with E-state index in [4.69, 9.17) is 11.6 Å². The van der Waals surface area contributed by atoms with E-state index in [1.807, 2.05) is 0 Å². The lowest BCUT2D eigenvalue weighted by atomic mass is 9.73. The fourth-order valence-electron chi connectivity index (χ4n) is 3.44. The molecule has 0 heterocycles. The van der Waals surface area contributed by atoms with E-state index in [1.165, 1.54) is 37.7 Å². The molecule has 0 N–H and O–H groups in total. The highest BCUT2D eigenvalue weighted by Gasteiger charge is 2.41. The second-order valence-electron chi connectivity index (χ2n) is 6.08. The number of alkyl halides is 1. The van der Waals surface area contributed by atoms with Crippen LogP contribution in [-0.2, 0) is 0 Å². The molecule has 1 aromatic rings. The maximum atomic E-state index is 6.85. The highest BCUT2D eigenvalue weighted by molar-refractivity contribution is 9.10. The van der Waals surface area contributed by atoms with E-state index in [-0.39, 0.29) is 5.38 Å². The minimum atomic E-state index is 0.162. The van der Waals surface area contributed by atoms with Crippen molar-refractivity contribution in [1.82, 2.24) is 0 Å². The highest BCUT2D eigenvalue weighted by atomic mass is 79.9. The Kier molecular flexibility index (Phi) is 4.77. The lowest BCUT2D eigenvalue weighted by Gasteiger charge is -2.36. The van der Waals surface area contributed by atoms with Gasteiger partial charge in [0.15, 0.2) is 0 Å². The van der Waals surface area contributed by atoms with Crippen molar-refractivity contribution in [1.29, 1.82) is 0 Å². The first kappa shape index (κ1) is 14.4.